The first-order valence-electron chi connectivity index (χ1n) is 13.6. The van der Waals surface area contributed by atoms with Gasteiger partial charge < -0.3 is 45.4 Å². The number of methoxy groups -OCH3 is 1. The number of hydrogen-bond acceptors (Lipinski definition) is 9. The zero-order chi connectivity index (χ0) is 29.5. The number of ether oxygens (including phenoxy) is 5. The van der Waals surface area contributed by atoms with E-state index in [1.165, 1.54) is 6.92 Å². The number of aliphatic hydroxyl groups excluding tert-OH is 1. The molecule has 0 radical (unpaired) electrons. The topological polar surface area (TPSA) is 156 Å². The lowest BCUT2D eigenvalue weighted by atomic mass is 9.79. The van der Waals surface area contributed by atoms with Crippen LogP contribution < -0.4 is 35.2 Å². The van der Waals surface area contributed by atoms with Crippen LogP contribution in [-0.2, 0) is 4.79 Å². The van der Waals surface area contributed by atoms with Gasteiger partial charge in [0.05, 0.1) is 19.6 Å². The molecule has 3 aromatic rings. The number of benzene rings is 3. The predicted molar refractivity (Wildman–Crippen MR) is 153 cm³/mol. The largest absolute Gasteiger partial charge is 0.497 e. The number of hydrogen-bond donors (Lipinski definition) is 4. The van der Waals surface area contributed by atoms with Crippen LogP contribution in [0.15, 0.2) is 54.6 Å². The highest BCUT2D eigenvalue weighted by Crippen LogP contribution is 2.56. The van der Waals surface area contributed by atoms with Crippen molar-refractivity contribution in [2.75, 3.05) is 33.6 Å². The summed E-state index contributed by atoms with van der Waals surface area (Å²) in [5.74, 6) is -0.0393. The highest BCUT2D eigenvalue weighted by molar-refractivity contribution is 5.78. The molecular formula is C31H38N2O8. The summed E-state index contributed by atoms with van der Waals surface area (Å²) in [6.07, 6.45) is -0.248. The normalized spacial score (nSPS) is 19.0. The highest BCUT2D eigenvalue weighted by Gasteiger charge is 2.48. The van der Waals surface area contributed by atoms with E-state index in [-0.39, 0.29) is 6.79 Å². The third-order valence-corrected chi connectivity index (χ3v) is 6.98. The van der Waals surface area contributed by atoms with Crippen LogP contribution in [-0.4, -0.2) is 56.1 Å². The Morgan fingerprint density at radius 2 is 1.66 bits per heavy atom. The lowest BCUT2D eigenvalue weighted by molar-refractivity contribution is -0.142. The summed E-state index contributed by atoms with van der Waals surface area (Å²) in [6.45, 7) is 5.42. The minimum Gasteiger partial charge on any atom is -0.497 e. The molecule has 220 valence electrons. The molecule has 6 N–H and O–H groups in total. The van der Waals surface area contributed by atoms with E-state index in [2.05, 4.69) is 0 Å². The zero-order valence-corrected chi connectivity index (χ0v) is 23.5. The van der Waals surface area contributed by atoms with E-state index >= 15 is 0 Å². The molecule has 0 aromatic heterocycles. The van der Waals surface area contributed by atoms with Gasteiger partial charge in [0.1, 0.15) is 17.2 Å². The molecule has 3 aromatic carbocycles. The van der Waals surface area contributed by atoms with Crippen LogP contribution in [0.3, 0.4) is 0 Å². The lowest BCUT2D eigenvalue weighted by Gasteiger charge is -2.25. The van der Waals surface area contributed by atoms with E-state index in [1.54, 1.807) is 19.2 Å². The number of carbonyl (C=O) groups is 1. The summed E-state index contributed by atoms with van der Waals surface area (Å²) < 4.78 is 28.1. The number of carboxylic acids is 1. The van der Waals surface area contributed by atoms with Crippen molar-refractivity contribution in [2.24, 2.45) is 17.4 Å². The summed E-state index contributed by atoms with van der Waals surface area (Å²) in [4.78, 5) is 13.0. The van der Waals surface area contributed by atoms with E-state index < -0.39 is 30.0 Å². The number of aliphatic hydroxyl groups is 1. The summed E-state index contributed by atoms with van der Waals surface area (Å²) in [5, 5.41) is 20.7. The van der Waals surface area contributed by atoms with Crippen LogP contribution in [0.4, 0.5) is 0 Å². The highest BCUT2D eigenvalue weighted by atomic mass is 16.7. The number of nitrogens with two attached hydrogens (primary N) is 2. The minimum atomic E-state index is -1.10. The predicted octanol–water partition coefficient (Wildman–Crippen LogP) is 3.81. The Bertz CT molecular complexity index is 1340. The standard InChI is InChI=1S/C29H30O8.C2H8N2/c1-4-11-34-19-7-8-20-22(13-19)27(21-9-6-18(33-3)14-24(21)37-16(2)30)28(29(31)32)26(20)17-5-10-23-25(12-17)36-15-35-23;3-1-2-4/h5-10,12-14,16,26-28,30H,4,11,15H2,1-3H3,(H,31,32);1-4H2/t16?,26-,27+,28+;/m0./s1. The monoisotopic (exact) mass is 566 g/mol. The molecule has 1 aliphatic carbocycles. The van der Waals surface area contributed by atoms with Crippen molar-refractivity contribution < 1.29 is 38.7 Å². The van der Waals surface area contributed by atoms with Gasteiger partial charge in [0.25, 0.3) is 0 Å². The Kier molecular flexibility index (Phi) is 9.93. The molecule has 0 spiro atoms. The van der Waals surface area contributed by atoms with Crippen molar-refractivity contribution in [3.8, 4) is 28.7 Å². The summed E-state index contributed by atoms with van der Waals surface area (Å²) in [5.41, 5.74) is 13.0. The molecule has 2 aliphatic rings. The Morgan fingerprint density at radius 3 is 2.32 bits per heavy atom. The molecule has 5 rings (SSSR count). The van der Waals surface area contributed by atoms with Gasteiger partial charge in [0.15, 0.2) is 17.8 Å². The van der Waals surface area contributed by atoms with E-state index in [9.17, 15) is 15.0 Å². The minimum absolute atomic E-state index is 0.134. The van der Waals surface area contributed by atoms with E-state index in [1.807, 2.05) is 49.4 Å². The van der Waals surface area contributed by atoms with Crippen molar-refractivity contribution in [3.05, 3.63) is 76.9 Å². The summed E-state index contributed by atoms with van der Waals surface area (Å²) in [6, 6.07) is 16.6. The molecule has 1 heterocycles. The SMILES string of the molecule is CCCOc1ccc2c(c1)[C@@H](c1ccc(OC)cc1OC(C)O)[C@H](C(=O)O)[C@H]2c1ccc2c(c1)OCO2.NCCN. The van der Waals surface area contributed by atoms with Crippen molar-refractivity contribution in [1.29, 1.82) is 0 Å². The van der Waals surface area contributed by atoms with E-state index in [4.69, 9.17) is 35.2 Å². The molecule has 0 amide bonds. The summed E-state index contributed by atoms with van der Waals surface area (Å²) in [7, 11) is 1.54. The van der Waals surface area contributed by atoms with Gasteiger partial charge in [0, 0.05) is 36.6 Å². The quantitative estimate of drug-likeness (QED) is 0.266. The van der Waals surface area contributed by atoms with Crippen LogP contribution in [0.25, 0.3) is 0 Å². The number of aliphatic carboxylic acids is 1. The van der Waals surface area contributed by atoms with Crippen LogP contribution in [0.2, 0.25) is 0 Å². The molecule has 1 unspecified atom stereocenters. The number of rotatable bonds is 10. The van der Waals surface area contributed by atoms with Crippen LogP contribution in [0, 0.1) is 5.92 Å². The molecule has 10 heteroatoms. The van der Waals surface area contributed by atoms with Crippen LogP contribution in [0.1, 0.15) is 54.4 Å². The molecule has 0 saturated carbocycles. The molecule has 1 aliphatic heterocycles. The smallest absolute Gasteiger partial charge is 0.308 e. The van der Waals surface area contributed by atoms with Gasteiger partial charge in [0.2, 0.25) is 6.79 Å². The molecule has 0 fully saturated rings. The maximum Gasteiger partial charge on any atom is 0.308 e. The van der Waals surface area contributed by atoms with Gasteiger partial charge >= 0.3 is 5.97 Å². The Hall–Kier alpha value is -3.99. The first kappa shape index (κ1) is 30.0. The second-order valence-corrected chi connectivity index (χ2v) is 9.77. The Balaban J connectivity index is 0.000000909. The fraction of sp³-hybridized carbons (Fsp3) is 0.387. The van der Waals surface area contributed by atoms with Gasteiger partial charge in [-0.15, -0.1) is 0 Å². The number of carboxylic acid groups (broad SMARTS) is 1. The second-order valence-electron chi connectivity index (χ2n) is 9.77. The third kappa shape index (κ3) is 6.51. The van der Waals surface area contributed by atoms with Crippen LogP contribution in [0.5, 0.6) is 28.7 Å². The zero-order valence-electron chi connectivity index (χ0n) is 23.5. The molecule has 0 saturated heterocycles. The molecule has 0 bridgehead atoms. The molecule has 41 heavy (non-hydrogen) atoms. The fourth-order valence-electron chi connectivity index (χ4n) is 5.32. The number of fused-ring (bicyclic) bond motifs is 2. The van der Waals surface area contributed by atoms with E-state index in [0.717, 1.165) is 23.1 Å². The van der Waals surface area contributed by atoms with Crippen molar-refractivity contribution >= 4 is 5.97 Å². The molecule has 4 atom stereocenters. The lowest BCUT2D eigenvalue weighted by Crippen LogP contribution is -2.24. The van der Waals surface area contributed by atoms with Crippen molar-refractivity contribution in [2.45, 2.75) is 38.4 Å². The van der Waals surface area contributed by atoms with Gasteiger partial charge in [-0.1, -0.05) is 25.1 Å². The Morgan fingerprint density at radius 1 is 0.951 bits per heavy atom. The average molecular weight is 567 g/mol. The van der Waals surface area contributed by atoms with Gasteiger partial charge in [-0.25, -0.2) is 0 Å². The van der Waals surface area contributed by atoms with Crippen LogP contribution >= 0.6 is 0 Å². The average Bonchev–Trinajstić information content (AvgIpc) is 3.57. The fourth-order valence-corrected chi connectivity index (χ4v) is 5.32. The third-order valence-electron chi connectivity index (χ3n) is 6.98. The van der Waals surface area contributed by atoms with Gasteiger partial charge in [-0.2, -0.15) is 0 Å². The maximum atomic E-state index is 13.0. The first-order valence-corrected chi connectivity index (χ1v) is 13.6. The van der Waals surface area contributed by atoms with Gasteiger partial charge in [-0.3, -0.25) is 4.79 Å². The maximum absolute atomic E-state index is 13.0. The Labute approximate surface area is 239 Å². The molecular weight excluding hydrogens is 528 g/mol. The van der Waals surface area contributed by atoms with E-state index in [0.29, 0.717) is 54.0 Å². The second kappa shape index (κ2) is 13.6. The summed E-state index contributed by atoms with van der Waals surface area (Å²) >= 11 is 0. The molecule has 10 nitrogen and oxygen atoms in total. The van der Waals surface area contributed by atoms with Crippen molar-refractivity contribution in [1.82, 2.24) is 0 Å². The first-order chi connectivity index (χ1) is 19.8. The van der Waals surface area contributed by atoms with Crippen molar-refractivity contribution in [3.63, 3.8) is 0 Å². The van der Waals surface area contributed by atoms with Gasteiger partial charge in [-0.05, 0) is 60.4 Å².